The number of nitrogens with two attached hydrogens (primary N) is 1. The topological polar surface area (TPSA) is 60.2 Å². The molecule has 1 aromatic rings. The molecule has 0 fully saturated rings. The van der Waals surface area contributed by atoms with Crippen molar-refractivity contribution in [2.45, 2.75) is 38.0 Å². The van der Waals surface area contributed by atoms with Gasteiger partial charge in [-0.15, -0.1) is 0 Å². The van der Waals surface area contributed by atoms with E-state index < -0.39 is 9.84 Å². The van der Waals surface area contributed by atoms with Crippen LogP contribution in [0.4, 0.5) is 0 Å². The second-order valence-electron chi connectivity index (χ2n) is 4.80. The maximum absolute atomic E-state index is 11.7. The summed E-state index contributed by atoms with van der Waals surface area (Å²) in [6.07, 6.45) is 1.13. The highest BCUT2D eigenvalue weighted by atomic mass is 35.5. The van der Waals surface area contributed by atoms with Crippen molar-refractivity contribution in [2.24, 2.45) is 5.73 Å². The first-order valence-electron chi connectivity index (χ1n) is 6.03. The van der Waals surface area contributed by atoms with Crippen molar-refractivity contribution in [1.29, 1.82) is 0 Å². The van der Waals surface area contributed by atoms with Crippen LogP contribution in [0, 0.1) is 0 Å². The van der Waals surface area contributed by atoms with E-state index in [4.69, 9.17) is 17.3 Å². The molecule has 0 heterocycles. The molecule has 5 heteroatoms. The Kier molecular flexibility index (Phi) is 5.63. The van der Waals surface area contributed by atoms with Gasteiger partial charge in [0.05, 0.1) is 11.0 Å². The number of hydrogen-bond donors (Lipinski definition) is 1. The van der Waals surface area contributed by atoms with Gasteiger partial charge in [0, 0.05) is 11.1 Å². The largest absolute Gasteiger partial charge is 0.327 e. The van der Waals surface area contributed by atoms with Crippen molar-refractivity contribution in [1.82, 2.24) is 0 Å². The average molecular weight is 290 g/mol. The summed E-state index contributed by atoms with van der Waals surface area (Å²) in [5, 5.41) is 0.338. The molecule has 0 spiro atoms. The first-order chi connectivity index (χ1) is 8.31. The summed E-state index contributed by atoms with van der Waals surface area (Å²) in [7, 11) is -3.00. The van der Waals surface area contributed by atoms with Crippen LogP contribution in [-0.2, 0) is 16.3 Å². The molecule has 0 aromatic heterocycles. The van der Waals surface area contributed by atoms with Gasteiger partial charge in [-0.05, 0) is 44.4 Å². The lowest BCUT2D eigenvalue weighted by atomic mass is 10.1. The van der Waals surface area contributed by atoms with Crippen LogP contribution in [0.5, 0.6) is 0 Å². The Morgan fingerprint density at radius 1 is 1.33 bits per heavy atom. The predicted octanol–water partition coefficient (Wildman–Crippen LogP) is 2.42. The highest BCUT2D eigenvalue weighted by Gasteiger charge is 2.17. The zero-order chi connectivity index (χ0) is 13.8. The van der Waals surface area contributed by atoms with Crippen LogP contribution < -0.4 is 5.73 Å². The van der Waals surface area contributed by atoms with Crippen molar-refractivity contribution < 1.29 is 8.42 Å². The molecular weight excluding hydrogens is 270 g/mol. The lowest BCUT2D eigenvalue weighted by molar-refractivity contribution is 0.573. The molecule has 1 atom stereocenters. The van der Waals surface area contributed by atoms with E-state index in [1.54, 1.807) is 19.9 Å². The van der Waals surface area contributed by atoms with Gasteiger partial charge in [-0.2, -0.15) is 0 Å². The van der Waals surface area contributed by atoms with Gasteiger partial charge in [-0.25, -0.2) is 8.42 Å². The second-order valence-corrected chi connectivity index (χ2v) is 7.91. The standard InChI is InChI=1S/C13H20ClNO2S/c1-10(2)18(16,17)7-6-13(15)9-11-4-3-5-12(14)8-11/h3-5,8,10,13H,6-7,9,15H2,1-2H3. The fourth-order valence-corrected chi connectivity index (χ4v) is 2.94. The normalized spacial score (nSPS) is 13.8. The Labute approximate surface area is 114 Å². The van der Waals surface area contributed by atoms with Crippen LogP contribution in [0.1, 0.15) is 25.8 Å². The molecule has 0 amide bonds. The first kappa shape index (κ1) is 15.5. The fraction of sp³-hybridized carbons (Fsp3) is 0.538. The zero-order valence-corrected chi connectivity index (χ0v) is 12.3. The minimum Gasteiger partial charge on any atom is -0.327 e. The molecular formula is C13H20ClNO2S. The van der Waals surface area contributed by atoms with Crippen LogP contribution in [-0.4, -0.2) is 25.5 Å². The maximum atomic E-state index is 11.7. The SMILES string of the molecule is CC(C)S(=O)(=O)CCC(N)Cc1cccc(Cl)c1. The van der Waals surface area contributed by atoms with Crippen LogP contribution in [0.3, 0.4) is 0 Å². The monoisotopic (exact) mass is 289 g/mol. The van der Waals surface area contributed by atoms with Crippen LogP contribution in [0.15, 0.2) is 24.3 Å². The molecule has 0 aliphatic carbocycles. The average Bonchev–Trinajstić information content (AvgIpc) is 2.26. The summed E-state index contributed by atoms with van der Waals surface area (Å²) in [5.41, 5.74) is 6.99. The van der Waals surface area contributed by atoms with E-state index in [1.807, 2.05) is 18.2 Å². The molecule has 1 unspecified atom stereocenters. The number of rotatable bonds is 6. The zero-order valence-electron chi connectivity index (χ0n) is 10.8. The van der Waals surface area contributed by atoms with E-state index in [2.05, 4.69) is 0 Å². The molecule has 1 rings (SSSR count). The lowest BCUT2D eigenvalue weighted by Gasteiger charge is -2.13. The van der Waals surface area contributed by atoms with Crippen molar-refractivity contribution in [2.75, 3.05) is 5.75 Å². The van der Waals surface area contributed by atoms with E-state index in [1.165, 1.54) is 0 Å². The Morgan fingerprint density at radius 2 is 2.00 bits per heavy atom. The summed E-state index contributed by atoms with van der Waals surface area (Å²) >= 11 is 5.88. The van der Waals surface area contributed by atoms with Gasteiger partial charge < -0.3 is 5.73 Å². The number of hydrogen-bond acceptors (Lipinski definition) is 3. The smallest absolute Gasteiger partial charge is 0.152 e. The van der Waals surface area contributed by atoms with Gasteiger partial charge in [-0.1, -0.05) is 23.7 Å². The molecule has 0 saturated carbocycles. The Hall–Kier alpha value is -0.580. The van der Waals surface area contributed by atoms with E-state index in [0.717, 1.165) is 5.56 Å². The van der Waals surface area contributed by atoms with E-state index in [9.17, 15) is 8.42 Å². The minimum absolute atomic E-state index is 0.145. The van der Waals surface area contributed by atoms with Crippen molar-refractivity contribution in [3.05, 3.63) is 34.9 Å². The third kappa shape index (κ3) is 4.96. The lowest BCUT2D eigenvalue weighted by Crippen LogP contribution is -2.28. The fourth-order valence-electron chi connectivity index (χ4n) is 1.62. The highest BCUT2D eigenvalue weighted by molar-refractivity contribution is 7.91. The first-order valence-corrected chi connectivity index (χ1v) is 8.12. The molecule has 0 saturated heterocycles. The number of sulfone groups is 1. The molecule has 2 N–H and O–H groups in total. The Bertz CT molecular complexity index is 486. The molecule has 18 heavy (non-hydrogen) atoms. The van der Waals surface area contributed by atoms with Crippen molar-refractivity contribution >= 4 is 21.4 Å². The Morgan fingerprint density at radius 3 is 2.56 bits per heavy atom. The van der Waals surface area contributed by atoms with Crippen molar-refractivity contribution in [3.63, 3.8) is 0 Å². The number of halogens is 1. The summed E-state index contributed by atoms with van der Waals surface area (Å²) < 4.78 is 23.3. The molecule has 0 aliphatic heterocycles. The molecule has 1 aromatic carbocycles. The van der Waals surface area contributed by atoms with Crippen molar-refractivity contribution in [3.8, 4) is 0 Å². The third-order valence-electron chi connectivity index (χ3n) is 2.88. The third-order valence-corrected chi connectivity index (χ3v) is 5.35. The molecule has 102 valence electrons. The predicted molar refractivity (Wildman–Crippen MR) is 76.7 cm³/mol. The van der Waals surface area contributed by atoms with Gasteiger partial charge in [0.1, 0.15) is 0 Å². The molecule has 0 radical (unpaired) electrons. The van der Waals surface area contributed by atoms with Crippen LogP contribution in [0.25, 0.3) is 0 Å². The summed E-state index contributed by atoms with van der Waals surface area (Å²) in [5.74, 6) is 0.145. The second kappa shape index (κ2) is 6.55. The summed E-state index contributed by atoms with van der Waals surface area (Å²) in [4.78, 5) is 0. The quantitative estimate of drug-likeness (QED) is 0.875. The number of benzene rings is 1. The molecule has 0 bridgehead atoms. The van der Waals surface area contributed by atoms with Crippen LogP contribution in [0.2, 0.25) is 5.02 Å². The summed E-state index contributed by atoms with van der Waals surface area (Å²) in [6, 6.07) is 7.33. The van der Waals surface area contributed by atoms with Gasteiger partial charge in [0.15, 0.2) is 9.84 Å². The van der Waals surface area contributed by atoms with Gasteiger partial charge in [0.25, 0.3) is 0 Å². The van der Waals surface area contributed by atoms with Gasteiger partial charge >= 0.3 is 0 Å². The van der Waals surface area contributed by atoms with Crippen LogP contribution >= 0.6 is 11.6 Å². The van der Waals surface area contributed by atoms with Gasteiger partial charge in [0.2, 0.25) is 0 Å². The van der Waals surface area contributed by atoms with E-state index in [-0.39, 0.29) is 17.0 Å². The summed E-state index contributed by atoms with van der Waals surface area (Å²) in [6.45, 7) is 3.38. The highest BCUT2D eigenvalue weighted by Crippen LogP contribution is 2.13. The maximum Gasteiger partial charge on any atom is 0.152 e. The van der Waals surface area contributed by atoms with Gasteiger partial charge in [-0.3, -0.25) is 0 Å². The van der Waals surface area contributed by atoms with E-state index in [0.29, 0.717) is 17.9 Å². The molecule has 0 aliphatic rings. The minimum atomic E-state index is -3.00. The Balaban J connectivity index is 2.50. The van der Waals surface area contributed by atoms with E-state index >= 15 is 0 Å². The molecule has 3 nitrogen and oxygen atoms in total.